The maximum Gasteiger partial charge on any atom is 0.343 e. The van der Waals surface area contributed by atoms with Crippen LogP contribution >= 0.6 is 0 Å². The highest BCUT2D eigenvalue weighted by Crippen LogP contribution is 2.40. The van der Waals surface area contributed by atoms with Crippen LogP contribution in [0.1, 0.15) is 13.3 Å². The van der Waals surface area contributed by atoms with Gasteiger partial charge in [0.1, 0.15) is 12.6 Å². The van der Waals surface area contributed by atoms with Crippen molar-refractivity contribution in [1.82, 2.24) is 10.2 Å². The van der Waals surface area contributed by atoms with Gasteiger partial charge >= 0.3 is 11.9 Å². The highest BCUT2D eigenvalue weighted by molar-refractivity contribution is 5.84. The molecule has 0 unspecified atom stereocenters. The number of rotatable bonds is 2. The molecule has 0 aromatic rings. The summed E-state index contributed by atoms with van der Waals surface area (Å²) in [5.74, 6) is -2.16. The first-order valence-corrected chi connectivity index (χ1v) is 6.64. The molecular formula is C11H19N6O4+. The number of carbonyl (C=O) groups excluding carboxylic acids is 1. The molecular weight excluding hydrogens is 280 g/mol. The molecule has 0 radical (unpaired) electrons. The molecule has 1 saturated heterocycles. The second kappa shape index (κ2) is 4.21. The number of hydrogen-bond donors (Lipinski definition) is 6. The van der Waals surface area contributed by atoms with Crippen molar-refractivity contribution in [1.29, 1.82) is 0 Å². The number of guanidine groups is 2. The Bertz CT molecular complexity index is 547. The largest absolute Gasteiger partial charge is 0.463 e. The van der Waals surface area contributed by atoms with Crippen molar-refractivity contribution < 1.29 is 24.7 Å². The van der Waals surface area contributed by atoms with Crippen molar-refractivity contribution in [2.24, 2.45) is 16.5 Å². The smallest absolute Gasteiger partial charge is 0.343 e. The lowest BCUT2D eigenvalue weighted by molar-refractivity contribution is -0.522. The van der Waals surface area contributed by atoms with Crippen LogP contribution in [0.25, 0.3) is 0 Å². The van der Waals surface area contributed by atoms with Crippen LogP contribution in [-0.2, 0) is 9.53 Å². The minimum Gasteiger partial charge on any atom is -0.463 e. The van der Waals surface area contributed by atoms with Gasteiger partial charge in [0.2, 0.25) is 5.79 Å². The van der Waals surface area contributed by atoms with Crippen LogP contribution < -0.4 is 21.8 Å². The zero-order valence-electron chi connectivity index (χ0n) is 11.5. The zero-order chi connectivity index (χ0) is 15.4. The molecule has 3 aliphatic heterocycles. The predicted octanol–water partition coefficient (Wildman–Crippen LogP) is -5.30. The molecule has 21 heavy (non-hydrogen) atoms. The van der Waals surface area contributed by atoms with Gasteiger partial charge in [-0.3, -0.25) is 15.5 Å². The molecule has 1 fully saturated rings. The third-order valence-corrected chi connectivity index (χ3v) is 4.22. The van der Waals surface area contributed by atoms with Crippen LogP contribution in [0.5, 0.6) is 0 Å². The number of aliphatic imine (C=N–C) groups is 1. The first-order valence-electron chi connectivity index (χ1n) is 6.64. The van der Waals surface area contributed by atoms with Crippen molar-refractivity contribution in [2.75, 3.05) is 13.2 Å². The van der Waals surface area contributed by atoms with Crippen molar-refractivity contribution in [3.05, 3.63) is 0 Å². The van der Waals surface area contributed by atoms with Gasteiger partial charge in [0.05, 0.1) is 0 Å². The molecule has 10 heteroatoms. The number of carbonyl (C=O) groups is 1. The highest BCUT2D eigenvalue weighted by atomic mass is 16.5. The van der Waals surface area contributed by atoms with E-state index in [9.17, 15) is 15.0 Å². The van der Waals surface area contributed by atoms with E-state index in [0.717, 1.165) is 0 Å². The lowest BCUT2D eigenvalue weighted by Gasteiger charge is -2.45. The van der Waals surface area contributed by atoms with Crippen LogP contribution in [0.2, 0.25) is 0 Å². The summed E-state index contributed by atoms with van der Waals surface area (Å²) < 4.78 is 4.99. The normalized spacial score (nSPS) is 36.2. The van der Waals surface area contributed by atoms with E-state index in [1.54, 1.807) is 4.90 Å². The summed E-state index contributed by atoms with van der Waals surface area (Å²) in [7, 11) is 0. The van der Waals surface area contributed by atoms with E-state index in [0.29, 0.717) is 6.54 Å². The fourth-order valence-electron chi connectivity index (χ4n) is 3.35. The third-order valence-electron chi connectivity index (χ3n) is 4.22. The van der Waals surface area contributed by atoms with Crippen molar-refractivity contribution in [3.8, 4) is 0 Å². The van der Waals surface area contributed by atoms with E-state index in [-0.39, 0.29) is 24.9 Å². The van der Waals surface area contributed by atoms with E-state index in [4.69, 9.17) is 16.2 Å². The summed E-state index contributed by atoms with van der Waals surface area (Å²) in [5, 5.41) is 23.7. The van der Waals surface area contributed by atoms with Crippen molar-refractivity contribution in [3.63, 3.8) is 0 Å². The lowest BCUT2D eigenvalue weighted by Crippen LogP contribution is -2.89. The van der Waals surface area contributed by atoms with E-state index < -0.39 is 29.5 Å². The summed E-state index contributed by atoms with van der Waals surface area (Å²) in [5.41, 5.74) is 10.4. The average Bonchev–Trinajstić information content (AvgIpc) is 2.85. The van der Waals surface area contributed by atoms with Gasteiger partial charge in [-0.2, -0.15) is 0 Å². The standard InChI is InChI=1S/C11H18N6O4/c1-5(18)21-4-6-7-11(16-8(12)15-7)10(19,20)2-3-17(11)9(13)14-6/h6-7,19-20H,2-4H2,1H3,(H2,13,14)(H3,12,15,16)/p+1/t6-,7-,11-/m0/s1. The number of hydrogen-bond acceptors (Lipinski definition) is 9. The first kappa shape index (κ1) is 13.9. The van der Waals surface area contributed by atoms with Gasteiger partial charge < -0.3 is 25.6 Å². The summed E-state index contributed by atoms with van der Waals surface area (Å²) in [6, 6.07) is -1.18. The summed E-state index contributed by atoms with van der Waals surface area (Å²) >= 11 is 0. The Balaban J connectivity index is 2.01. The molecule has 0 bridgehead atoms. The van der Waals surface area contributed by atoms with Crippen LogP contribution in [0.4, 0.5) is 0 Å². The van der Waals surface area contributed by atoms with E-state index in [1.807, 2.05) is 0 Å². The predicted molar refractivity (Wildman–Crippen MR) is 70.3 cm³/mol. The number of nitrogens with one attached hydrogen (secondary N) is 2. The van der Waals surface area contributed by atoms with Gasteiger partial charge in [-0.15, -0.1) is 0 Å². The molecule has 3 heterocycles. The molecule has 3 aliphatic rings. The molecule has 116 valence electrons. The third kappa shape index (κ3) is 1.75. The number of aliphatic hydroxyl groups is 2. The Morgan fingerprint density at radius 2 is 2.33 bits per heavy atom. The van der Waals surface area contributed by atoms with Gasteiger partial charge in [-0.1, -0.05) is 0 Å². The van der Waals surface area contributed by atoms with Gasteiger partial charge in [0.15, 0.2) is 12.0 Å². The Labute approximate surface area is 120 Å². The molecule has 0 amide bonds. The molecule has 8 N–H and O–H groups in total. The topological polar surface area (TPSA) is 160 Å². The van der Waals surface area contributed by atoms with E-state index in [1.165, 1.54) is 6.92 Å². The second-order valence-electron chi connectivity index (χ2n) is 5.50. The molecule has 1 spiro atoms. The summed E-state index contributed by atoms with van der Waals surface area (Å²) in [6.07, 6.45) is 0.0853. The van der Waals surface area contributed by atoms with Crippen LogP contribution in [0, 0.1) is 0 Å². The van der Waals surface area contributed by atoms with Crippen LogP contribution in [-0.4, -0.2) is 69.7 Å². The Kier molecular flexibility index (Phi) is 2.79. The number of nitrogens with two attached hydrogens (primary N) is 2. The molecule has 3 atom stereocenters. The molecule has 3 rings (SSSR count). The zero-order valence-corrected chi connectivity index (χ0v) is 11.5. The average molecular weight is 299 g/mol. The maximum absolute atomic E-state index is 11.0. The summed E-state index contributed by atoms with van der Waals surface area (Å²) in [6.45, 7) is 1.58. The first-order chi connectivity index (χ1) is 9.78. The summed E-state index contributed by atoms with van der Waals surface area (Å²) in [4.78, 5) is 19.8. The Morgan fingerprint density at radius 3 is 3.00 bits per heavy atom. The molecule has 10 nitrogen and oxygen atoms in total. The maximum atomic E-state index is 11.0. The van der Waals surface area contributed by atoms with Gasteiger partial charge in [-0.25, -0.2) is 10.3 Å². The monoisotopic (exact) mass is 299 g/mol. The van der Waals surface area contributed by atoms with E-state index in [2.05, 4.69) is 15.3 Å². The van der Waals surface area contributed by atoms with Crippen molar-refractivity contribution in [2.45, 2.75) is 36.9 Å². The molecule has 0 aromatic heterocycles. The Hall–Kier alpha value is -2.07. The van der Waals surface area contributed by atoms with Gasteiger partial charge in [-0.05, 0) is 0 Å². The molecule has 0 saturated carbocycles. The minimum absolute atomic E-state index is 0.0334. The quantitative estimate of drug-likeness (QED) is 0.218. The second-order valence-corrected chi connectivity index (χ2v) is 5.50. The van der Waals surface area contributed by atoms with Gasteiger partial charge in [0, 0.05) is 19.9 Å². The molecule has 0 aliphatic carbocycles. The highest BCUT2D eigenvalue weighted by Gasteiger charge is 2.72. The fourth-order valence-corrected chi connectivity index (χ4v) is 3.35. The number of ether oxygens (including phenoxy) is 1. The van der Waals surface area contributed by atoms with Gasteiger partial charge in [0.25, 0.3) is 5.66 Å². The lowest BCUT2D eigenvalue weighted by atomic mass is 9.87. The number of esters is 1. The van der Waals surface area contributed by atoms with Crippen LogP contribution in [0.15, 0.2) is 4.99 Å². The van der Waals surface area contributed by atoms with E-state index >= 15 is 0 Å². The molecule has 0 aromatic carbocycles. The Morgan fingerprint density at radius 1 is 1.62 bits per heavy atom. The van der Waals surface area contributed by atoms with Crippen molar-refractivity contribution >= 4 is 17.9 Å². The SMILES string of the molecule is CC(=O)OC[C@@H]1N=C(N)N2CCC(O)(O)[C@@]23NC(N)=[NH+][C@@H]13. The number of nitrogens with zero attached hydrogens (tertiary/aromatic N) is 2. The minimum atomic E-state index is -2.05. The fraction of sp³-hybridized carbons (Fsp3) is 0.727. The van der Waals surface area contributed by atoms with Crippen LogP contribution in [0.3, 0.4) is 0 Å².